The van der Waals surface area contributed by atoms with Gasteiger partial charge in [0.05, 0.1) is 12.2 Å². The lowest BCUT2D eigenvalue weighted by Gasteiger charge is -2.46. The molecule has 3 aliphatic rings. The van der Waals surface area contributed by atoms with Crippen molar-refractivity contribution in [1.29, 1.82) is 0 Å². The number of ether oxygens (including phenoxy) is 1. The number of hydrogen-bond donors (Lipinski definition) is 2. The average Bonchev–Trinajstić information content (AvgIpc) is 3.56. The molecule has 0 radical (unpaired) electrons. The Morgan fingerprint density at radius 3 is 2.53 bits per heavy atom. The molecule has 3 fully saturated rings. The number of thiazole rings is 1. The number of halogens is 4. The Balaban J connectivity index is 1.19. The van der Waals surface area contributed by atoms with Crippen LogP contribution in [0, 0.1) is 11.7 Å². The summed E-state index contributed by atoms with van der Waals surface area (Å²) in [6.07, 6.45) is 1.18. The van der Waals surface area contributed by atoms with Crippen LogP contribution in [0.25, 0.3) is 0 Å². The van der Waals surface area contributed by atoms with Gasteiger partial charge in [-0.05, 0) is 68.2 Å². The number of likely N-dealkylation sites (tertiary alicyclic amines) is 1. The van der Waals surface area contributed by atoms with Crippen LogP contribution in [-0.2, 0) is 27.9 Å². The zero-order valence-electron chi connectivity index (χ0n) is 19.7. The van der Waals surface area contributed by atoms with E-state index < -0.39 is 28.8 Å². The van der Waals surface area contributed by atoms with Gasteiger partial charge in [0.25, 0.3) is 5.91 Å². The Kier molecular flexibility index (Phi) is 6.86. The minimum atomic E-state index is -4.66. The van der Waals surface area contributed by atoms with E-state index in [2.05, 4.69) is 15.2 Å². The van der Waals surface area contributed by atoms with Crippen LogP contribution < -0.4 is 5.32 Å². The summed E-state index contributed by atoms with van der Waals surface area (Å²) < 4.78 is 59.1. The Bertz CT molecular complexity index is 1070. The van der Waals surface area contributed by atoms with Gasteiger partial charge in [0.1, 0.15) is 22.0 Å². The van der Waals surface area contributed by atoms with Gasteiger partial charge in [-0.15, -0.1) is 11.3 Å². The first-order valence-corrected chi connectivity index (χ1v) is 13.1. The molecule has 2 N–H and O–H groups in total. The molecule has 196 valence electrons. The molecule has 3 heterocycles. The first kappa shape index (κ1) is 25.6. The van der Waals surface area contributed by atoms with Gasteiger partial charge in [0.2, 0.25) is 0 Å². The highest BCUT2D eigenvalue weighted by molar-refractivity contribution is 7.09. The second-order valence-electron chi connectivity index (χ2n) is 10.1. The van der Waals surface area contributed by atoms with E-state index in [9.17, 15) is 27.5 Å². The highest BCUT2D eigenvalue weighted by Crippen LogP contribution is 2.47. The molecule has 0 bridgehead atoms. The summed E-state index contributed by atoms with van der Waals surface area (Å²) in [5.74, 6) is -1.27. The molecule has 1 aromatic carbocycles. The minimum Gasteiger partial charge on any atom is -0.383 e. The number of aromatic nitrogens is 1. The van der Waals surface area contributed by atoms with Gasteiger partial charge in [-0.2, -0.15) is 13.2 Å². The van der Waals surface area contributed by atoms with Crippen LogP contribution in [0.4, 0.5) is 17.6 Å². The van der Waals surface area contributed by atoms with Crippen LogP contribution in [0.3, 0.4) is 0 Å². The third-order valence-corrected chi connectivity index (χ3v) is 8.68. The fraction of sp³-hybridized carbons (Fsp3) is 0.600. The van der Waals surface area contributed by atoms with Crippen molar-refractivity contribution >= 4 is 17.2 Å². The Labute approximate surface area is 210 Å². The number of alkyl halides is 3. The van der Waals surface area contributed by atoms with Gasteiger partial charge in [-0.1, -0.05) is 0 Å². The molecule has 6 nitrogen and oxygen atoms in total. The van der Waals surface area contributed by atoms with Gasteiger partial charge in [-0.25, -0.2) is 9.37 Å². The van der Waals surface area contributed by atoms with Crippen molar-refractivity contribution in [2.75, 3.05) is 19.7 Å². The predicted molar refractivity (Wildman–Crippen MR) is 124 cm³/mol. The monoisotopic (exact) mass is 527 g/mol. The number of amides is 1. The van der Waals surface area contributed by atoms with Gasteiger partial charge in [-0.3, -0.25) is 9.69 Å². The number of aliphatic hydroxyl groups is 1. The summed E-state index contributed by atoms with van der Waals surface area (Å²) in [7, 11) is 0. The van der Waals surface area contributed by atoms with Crippen molar-refractivity contribution in [2.24, 2.45) is 5.92 Å². The molecule has 5 rings (SSSR count). The molecule has 2 atom stereocenters. The Morgan fingerprint density at radius 1 is 1.19 bits per heavy atom. The van der Waals surface area contributed by atoms with Crippen LogP contribution in [0.2, 0.25) is 0 Å². The molecule has 36 heavy (non-hydrogen) atoms. The molecule has 1 aromatic heterocycles. The topological polar surface area (TPSA) is 74.7 Å². The van der Waals surface area contributed by atoms with E-state index >= 15 is 0 Å². The normalized spacial score (nSPS) is 27.1. The maximum atomic E-state index is 13.7. The highest BCUT2D eigenvalue weighted by Gasteiger charge is 2.54. The SMILES string of the molecule is O=C(NCc1cc(F)cc(C(F)(F)F)c1)[C@@]1(C2CC2)CCC(N2CCC(O)(c3nccs3)CC2)CO1. The van der Waals surface area contributed by atoms with E-state index in [0.29, 0.717) is 45.0 Å². The fourth-order valence-corrected chi connectivity index (χ4v) is 6.28. The van der Waals surface area contributed by atoms with Crippen LogP contribution in [0.15, 0.2) is 29.8 Å². The average molecular weight is 528 g/mol. The molecule has 2 saturated heterocycles. The number of rotatable bonds is 6. The third-order valence-electron chi connectivity index (χ3n) is 7.71. The van der Waals surface area contributed by atoms with Crippen LogP contribution in [0.5, 0.6) is 0 Å². The van der Waals surface area contributed by atoms with Crippen molar-refractivity contribution in [3.8, 4) is 0 Å². The lowest BCUT2D eigenvalue weighted by molar-refractivity contribution is -0.167. The van der Waals surface area contributed by atoms with E-state index in [4.69, 9.17) is 4.74 Å². The first-order valence-electron chi connectivity index (χ1n) is 12.2. The van der Waals surface area contributed by atoms with Crippen LogP contribution in [0.1, 0.15) is 54.7 Å². The van der Waals surface area contributed by atoms with Crippen molar-refractivity contribution < 1.29 is 32.2 Å². The highest BCUT2D eigenvalue weighted by atomic mass is 32.1. The smallest absolute Gasteiger partial charge is 0.383 e. The molecule has 2 aliphatic heterocycles. The molecule has 2 aromatic rings. The maximum Gasteiger partial charge on any atom is 0.416 e. The van der Waals surface area contributed by atoms with E-state index in [1.165, 1.54) is 11.3 Å². The lowest BCUT2D eigenvalue weighted by Crippen LogP contribution is -2.58. The quantitative estimate of drug-likeness (QED) is 0.550. The number of benzene rings is 1. The molecule has 1 amide bonds. The van der Waals surface area contributed by atoms with E-state index in [-0.39, 0.29) is 30.0 Å². The maximum absolute atomic E-state index is 13.7. The zero-order chi connectivity index (χ0) is 25.6. The summed E-state index contributed by atoms with van der Waals surface area (Å²) in [5, 5.41) is 16.3. The van der Waals surface area contributed by atoms with Gasteiger partial charge >= 0.3 is 6.18 Å². The third kappa shape index (κ3) is 5.16. The molecular weight excluding hydrogens is 498 g/mol. The minimum absolute atomic E-state index is 0.0522. The molecule has 1 saturated carbocycles. The molecule has 0 spiro atoms. The Hall–Kier alpha value is -2.08. The van der Waals surface area contributed by atoms with E-state index in [0.717, 1.165) is 36.4 Å². The van der Waals surface area contributed by atoms with E-state index in [1.54, 1.807) is 6.20 Å². The molecule has 1 unspecified atom stereocenters. The predicted octanol–water partition coefficient (Wildman–Crippen LogP) is 4.23. The van der Waals surface area contributed by atoms with Crippen molar-refractivity contribution in [3.05, 3.63) is 51.7 Å². The molecule has 11 heteroatoms. The summed E-state index contributed by atoms with van der Waals surface area (Å²) in [6.45, 7) is 1.57. The summed E-state index contributed by atoms with van der Waals surface area (Å²) in [6, 6.07) is 2.43. The second-order valence-corrected chi connectivity index (χ2v) is 11.0. The summed E-state index contributed by atoms with van der Waals surface area (Å²) >= 11 is 1.46. The van der Waals surface area contributed by atoms with Crippen molar-refractivity contribution in [2.45, 2.75) is 68.5 Å². The number of hydrogen-bond acceptors (Lipinski definition) is 6. The van der Waals surface area contributed by atoms with Crippen LogP contribution >= 0.6 is 11.3 Å². The number of carbonyl (C=O) groups is 1. The summed E-state index contributed by atoms with van der Waals surface area (Å²) in [4.78, 5) is 19.8. The Morgan fingerprint density at radius 2 is 1.94 bits per heavy atom. The standard InChI is InChI=1S/C25H29F4N3O3S/c26-19-12-16(11-18(13-19)25(27,28)29)14-31-21(33)24(17-1-2-17)4-3-20(15-35-24)32-8-5-23(34,6-9-32)22-30-7-10-36-22/h7,10-13,17,20,34H,1-6,8-9,14-15H2,(H,31,33)/t20?,24-/m0/s1. The molecule has 1 aliphatic carbocycles. The van der Waals surface area contributed by atoms with Gasteiger partial charge in [0.15, 0.2) is 0 Å². The number of piperidine rings is 1. The zero-order valence-corrected chi connectivity index (χ0v) is 20.5. The van der Waals surface area contributed by atoms with Gasteiger partial charge < -0.3 is 15.2 Å². The van der Waals surface area contributed by atoms with Gasteiger partial charge in [0, 0.05) is 37.3 Å². The van der Waals surface area contributed by atoms with E-state index in [1.807, 2.05) is 5.38 Å². The first-order chi connectivity index (χ1) is 17.1. The number of nitrogens with one attached hydrogen (secondary N) is 1. The molecular formula is C25H29F4N3O3S. The number of carbonyl (C=O) groups excluding carboxylic acids is 1. The largest absolute Gasteiger partial charge is 0.416 e. The lowest BCUT2D eigenvalue weighted by atomic mass is 9.84. The van der Waals surface area contributed by atoms with Crippen molar-refractivity contribution in [1.82, 2.24) is 15.2 Å². The summed E-state index contributed by atoms with van der Waals surface area (Å²) in [5.41, 5.74) is -2.94. The van der Waals surface area contributed by atoms with Crippen molar-refractivity contribution in [3.63, 3.8) is 0 Å². The van der Waals surface area contributed by atoms with Crippen LogP contribution in [-0.4, -0.2) is 52.2 Å². The second kappa shape index (κ2) is 9.66. The fourth-order valence-electron chi connectivity index (χ4n) is 5.48. The number of nitrogens with zero attached hydrogens (tertiary/aromatic N) is 2.